The average molecular weight is 381 g/mol. The SMILES string of the molecule is CCOC1CC(NC(=NCC(=O)N(C)C)NCC2CCCO2)C12CCCC2. The molecule has 3 unspecified atom stereocenters. The summed E-state index contributed by atoms with van der Waals surface area (Å²) in [5.41, 5.74) is 0.230. The number of hydrogen-bond donors (Lipinski definition) is 2. The van der Waals surface area contributed by atoms with Crippen LogP contribution in [0.2, 0.25) is 0 Å². The average Bonchev–Trinajstić information content (AvgIpc) is 3.35. The van der Waals surface area contributed by atoms with Crippen LogP contribution in [0.3, 0.4) is 0 Å². The fourth-order valence-corrected chi connectivity index (χ4v) is 4.71. The summed E-state index contributed by atoms with van der Waals surface area (Å²) in [6.45, 7) is 4.58. The number of ether oxygens (including phenoxy) is 2. The molecule has 7 heteroatoms. The Morgan fingerprint density at radius 2 is 2.07 bits per heavy atom. The lowest BCUT2D eigenvalue weighted by Crippen LogP contribution is -2.65. The van der Waals surface area contributed by atoms with Crippen LogP contribution in [0.4, 0.5) is 0 Å². The van der Waals surface area contributed by atoms with Gasteiger partial charge in [0.2, 0.25) is 5.91 Å². The molecule has 1 heterocycles. The molecule has 1 aliphatic heterocycles. The van der Waals surface area contributed by atoms with Gasteiger partial charge in [-0.15, -0.1) is 0 Å². The highest BCUT2D eigenvalue weighted by atomic mass is 16.5. The minimum atomic E-state index is 0.00426. The van der Waals surface area contributed by atoms with Gasteiger partial charge < -0.3 is 25.0 Å². The zero-order chi connectivity index (χ0) is 19.3. The summed E-state index contributed by atoms with van der Waals surface area (Å²) in [7, 11) is 3.52. The Kier molecular flexibility index (Phi) is 6.98. The standard InChI is InChI=1S/C20H36N4O3/c1-4-26-17-12-16(20(17)9-5-6-10-20)23-19(22-14-18(25)24(2)3)21-13-15-8-7-11-27-15/h15-17H,4-14H2,1-3H3,(H2,21,22,23). The largest absolute Gasteiger partial charge is 0.378 e. The number of likely N-dealkylation sites (N-methyl/N-ethyl adjacent to an activating group) is 1. The van der Waals surface area contributed by atoms with Crippen LogP contribution < -0.4 is 10.6 Å². The molecule has 0 aromatic rings. The number of nitrogens with one attached hydrogen (secondary N) is 2. The quantitative estimate of drug-likeness (QED) is 0.517. The number of carbonyl (C=O) groups is 1. The maximum Gasteiger partial charge on any atom is 0.243 e. The van der Waals surface area contributed by atoms with Gasteiger partial charge in [-0.1, -0.05) is 12.8 Å². The summed E-state index contributed by atoms with van der Waals surface area (Å²) >= 11 is 0. The maximum atomic E-state index is 12.0. The first-order valence-corrected chi connectivity index (χ1v) is 10.5. The molecule has 0 aromatic carbocycles. The zero-order valence-corrected chi connectivity index (χ0v) is 17.1. The second kappa shape index (κ2) is 9.24. The summed E-state index contributed by atoms with van der Waals surface area (Å²) < 4.78 is 11.7. The Morgan fingerprint density at radius 3 is 2.70 bits per heavy atom. The molecule has 2 aliphatic carbocycles. The minimum Gasteiger partial charge on any atom is -0.378 e. The molecule has 1 amide bonds. The van der Waals surface area contributed by atoms with Crippen molar-refractivity contribution in [3.05, 3.63) is 0 Å². The number of rotatable bonds is 7. The van der Waals surface area contributed by atoms with E-state index in [1.165, 1.54) is 25.7 Å². The molecule has 3 aliphatic rings. The van der Waals surface area contributed by atoms with Crippen LogP contribution in [0.1, 0.15) is 51.9 Å². The van der Waals surface area contributed by atoms with Gasteiger partial charge in [-0.3, -0.25) is 4.79 Å². The highest BCUT2D eigenvalue weighted by molar-refractivity contribution is 5.85. The number of nitrogens with zero attached hydrogens (tertiary/aromatic N) is 2. The molecule has 27 heavy (non-hydrogen) atoms. The molecular formula is C20H36N4O3. The van der Waals surface area contributed by atoms with E-state index in [4.69, 9.17) is 9.47 Å². The smallest absolute Gasteiger partial charge is 0.243 e. The number of aliphatic imine (C=N–C) groups is 1. The highest BCUT2D eigenvalue weighted by Gasteiger charge is 2.57. The van der Waals surface area contributed by atoms with E-state index >= 15 is 0 Å². The molecule has 2 N–H and O–H groups in total. The van der Waals surface area contributed by atoms with Gasteiger partial charge in [0, 0.05) is 45.3 Å². The minimum absolute atomic E-state index is 0.00426. The third-order valence-electron chi connectivity index (χ3n) is 6.39. The highest BCUT2D eigenvalue weighted by Crippen LogP contribution is 2.54. The van der Waals surface area contributed by atoms with Crippen molar-refractivity contribution in [2.75, 3.05) is 40.4 Å². The molecule has 1 spiro atoms. The Labute approximate surface area is 163 Å². The Bertz CT molecular complexity index is 525. The number of guanidine groups is 1. The molecule has 154 valence electrons. The fraction of sp³-hybridized carbons (Fsp3) is 0.900. The predicted molar refractivity (Wildman–Crippen MR) is 106 cm³/mol. The van der Waals surface area contributed by atoms with Gasteiger partial charge in [0.1, 0.15) is 6.54 Å². The molecular weight excluding hydrogens is 344 g/mol. The molecule has 0 radical (unpaired) electrons. The normalized spacial score (nSPS) is 29.6. The van der Waals surface area contributed by atoms with E-state index in [0.717, 1.165) is 45.0 Å². The first-order chi connectivity index (χ1) is 13.0. The fourth-order valence-electron chi connectivity index (χ4n) is 4.71. The van der Waals surface area contributed by atoms with Crippen LogP contribution in [0.25, 0.3) is 0 Å². The summed E-state index contributed by atoms with van der Waals surface area (Å²) in [5, 5.41) is 7.04. The topological polar surface area (TPSA) is 75.2 Å². The predicted octanol–water partition coefficient (Wildman–Crippen LogP) is 1.53. The van der Waals surface area contributed by atoms with Gasteiger partial charge in [-0.25, -0.2) is 4.99 Å². The lowest BCUT2D eigenvalue weighted by atomic mass is 9.60. The van der Waals surface area contributed by atoms with Gasteiger partial charge >= 0.3 is 0 Å². The first-order valence-electron chi connectivity index (χ1n) is 10.5. The van der Waals surface area contributed by atoms with Crippen molar-refractivity contribution in [1.29, 1.82) is 0 Å². The maximum absolute atomic E-state index is 12.0. The Morgan fingerprint density at radius 1 is 1.30 bits per heavy atom. The van der Waals surface area contributed by atoms with Gasteiger partial charge in [-0.05, 0) is 39.0 Å². The van der Waals surface area contributed by atoms with Crippen molar-refractivity contribution >= 4 is 11.9 Å². The lowest BCUT2D eigenvalue weighted by molar-refractivity contribution is -0.127. The van der Waals surface area contributed by atoms with Crippen molar-refractivity contribution < 1.29 is 14.3 Å². The van der Waals surface area contributed by atoms with Crippen LogP contribution in [-0.4, -0.2) is 75.4 Å². The van der Waals surface area contributed by atoms with Crippen molar-refractivity contribution in [2.45, 2.75) is 70.1 Å². The molecule has 0 aromatic heterocycles. The second-order valence-electron chi connectivity index (χ2n) is 8.29. The molecule has 1 saturated heterocycles. The van der Waals surface area contributed by atoms with E-state index in [-0.39, 0.29) is 24.0 Å². The van der Waals surface area contributed by atoms with Gasteiger partial charge in [-0.2, -0.15) is 0 Å². The summed E-state index contributed by atoms with van der Waals surface area (Å²) in [5.74, 6) is 0.733. The van der Waals surface area contributed by atoms with Crippen LogP contribution in [-0.2, 0) is 14.3 Å². The third kappa shape index (κ3) is 4.74. The van der Waals surface area contributed by atoms with E-state index in [0.29, 0.717) is 12.1 Å². The van der Waals surface area contributed by atoms with Crippen molar-refractivity contribution in [3.63, 3.8) is 0 Å². The Balaban J connectivity index is 1.62. The second-order valence-corrected chi connectivity index (χ2v) is 8.29. The van der Waals surface area contributed by atoms with Crippen molar-refractivity contribution in [1.82, 2.24) is 15.5 Å². The van der Waals surface area contributed by atoms with Crippen molar-refractivity contribution in [3.8, 4) is 0 Å². The van der Waals surface area contributed by atoms with Crippen molar-refractivity contribution in [2.24, 2.45) is 10.4 Å². The molecule has 0 bridgehead atoms. The van der Waals surface area contributed by atoms with E-state index in [1.807, 2.05) is 0 Å². The summed E-state index contributed by atoms with van der Waals surface area (Å²) in [4.78, 5) is 18.1. The van der Waals surface area contributed by atoms with E-state index in [2.05, 4.69) is 22.5 Å². The molecule has 2 saturated carbocycles. The van der Waals surface area contributed by atoms with E-state index in [9.17, 15) is 4.79 Å². The summed E-state index contributed by atoms with van der Waals surface area (Å²) in [6.07, 6.45) is 8.77. The number of amides is 1. The van der Waals surface area contributed by atoms with Crippen LogP contribution in [0.15, 0.2) is 4.99 Å². The Hall–Kier alpha value is -1.34. The third-order valence-corrected chi connectivity index (χ3v) is 6.39. The molecule has 3 rings (SSSR count). The monoisotopic (exact) mass is 380 g/mol. The number of carbonyl (C=O) groups excluding carboxylic acids is 1. The lowest BCUT2D eigenvalue weighted by Gasteiger charge is -2.54. The van der Waals surface area contributed by atoms with Gasteiger partial charge in [0.25, 0.3) is 0 Å². The van der Waals surface area contributed by atoms with Gasteiger partial charge in [0.05, 0.1) is 12.2 Å². The van der Waals surface area contributed by atoms with Crippen LogP contribution in [0, 0.1) is 5.41 Å². The van der Waals surface area contributed by atoms with Gasteiger partial charge in [0.15, 0.2) is 5.96 Å². The molecule has 3 fully saturated rings. The molecule has 3 atom stereocenters. The van der Waals surface area contributed by atoms with Crippen LogP contribution >= 0.6 is 0 Å². The molecule has 7 nitrogen and oxygen atoms in total. The zero-order valence-electron chi connectivity index (χ0n) is 17.1. The van der Waals surface area contributed by atoms with Crippen LogP contribution in [0.5, 0.6) is 0 Å². The summed E-state index contributed by atoms with van der Waals surface area (Å²) in [6, 6.07) is 0.363. The first kappa shape index (κ1) is 20.4. The number of hydrogen-bond acceptors (Lipinski definition) is 4. The van der Waals surface area contributed by atoms with E-state index in [1.54, 1.807) is 19.0 Å². The van der Waals surface area contributed by atoms with E-state index < -0.39 is 0 Å².